The zero-order chi connectivity index (χ0) is 24.9. The van der Waals surface area contributed by atoms with Crippen LogP contribution in [0.15, 0.2) is 54.7 Å². The van der Waals surface area contributed by atoms with Gasteiger partial charge >= 0.3 is 6.18 Å². The quantitative estimate of drug-likeness (QED) is 0.473. The molecule has 0 radical (unpaired) electrons. The summed E-state index contributed by atoms with van der Waals surface area (Å²) in [5.41, 5.74) is 0.415. The zero-order valence-electron chi connectivity index (χ0n) is 19.7. The molecule has 1 aromatic heterocycles. The molecule has 2 aromatic carbocycles. The Morgan fingerprint density at radius 3 is 2.41 bits per heavy atom. The molecule has 1 atom stereocenters. The lowest BCUT2D eigenvalue weighted by atomic mass is 10.0. The van der Waals surface area contributed by atoms with Crippen molar-refractivity contribution in [3.63, 3.8) is 0 Å². The first-order valence-electron chi connectivity index (χ1n) is 11.1. The Labute approximate surface area is 197 Å². The highest BCUT2D eigenvalue weighted by Gasteiger charge is 2.40. The van der Waals surface area contributed by atoms with E-state index in [1.807, 2.05) is 45.0 Å². The average Bonchev–Trinajstić information content (AvgIpc) is 3.28. The number of carbonyl (C=O) groups excluding carboxylic acids is 1. The molecule has 0 aliphatic heterocycles. The Kier molecular flexibility index (Phi) is 7.98. The highest BCUT2D eigenvalue weighted by Crippen LogP contribution is 2.34. The van der Waals surface area contributed by atoms with E-state index in [0.717, 1.165) is 22.0 Å². The molecule has 0 aliphatic rings. The van der Waals surface area contributed by atoms with Gasteiger partial charge in [-0.05, 0) is 49.8 Å². The summed E-state index contributed by atoms with van der Waals surface area (Å²) in [6, 6.07) is 13.7. The fourth-order valence-corrected chi connectivity index (χ4v) is 3.92. The van der Waals surface area contributed by atoms with Gasteiger partial charge in [-0.15, -0.1) is 0 Å². The molecule has 0 saturated heterocycles. The molecule has 3 rings (SSSR count). The second-order valence-electron chi connectivity index (χ2n) is 7.88. The van der Waals surface area contributed by atoms with Crippen LogP contribution in [0, 0.1) is 6.92 Å². The summed E-state index contributed by atoms with van der Waals surface area (Å²) >= 11 is 0. The third-order valence-electron chi connectivity index (χ3n) is 5.75. The Balaban J connectivity index is 1.90. The number of rotatable bonds is 9. The number of ether oxygens (including phenoxy) is 1. The van der Waals surface area contributed by atoms with Gasteiger partial charge in [-0.1, -0.05) is 43.7 Å². The van der Waals surface area contributed by atoms with Gasteiger partial charge in [-0.3, -0.25) is 9.69 Å². The van der Waals surface area contributed by atoms with Crippen molar-refractivity contribution >= 4 is 5.91 Å². The van der Waals surface area contributed by atoms with Crippen LogP contribution in [-0.2, 0) is 6.18 Å². The lowest BCUT2D eigenvalue weighted by Crippen LogP contribution is -2.38. The number of hydrogen-bond acceptors (Lipinski definition) is 4. The second kappa shape index (κ2) is 10.7. The summed E-state index contributed by atoms with van der Waals surface area (Å²) in [5.74, 6) is -0.162. The van der Waals surface area contributed by atoms with Gasteiger partial charge in [0.05, 0.1) is 30.6 Å². The van der Waals surface area contributed by atoms with Crippen LogP contribution >= 0.6 is 0 Å². The summed E-state index contributed by atoms with van der Waals surface area (Å²) in [6.07, 6.45) is -3.80. The molecule has 34 heavy (non-hydrogen) atoms. The van der Waals surface area contributed by atoms with Crippen LogP contribution in [0.1, 0.15) is 47.1 Å². The maximum absolute atomic E-state index is 14.0. The molecule has 1 unspecified atom stereocenters. The zero-order valence-corrected chi connectivity index (χ0v) is 19.7. The van der Waals surface area contributed by atoms with Gasteiger partial charge < -0.3 is 10.1 Å². The van der Waals surface area contributed by atoms with Crippen molar-refractivity contribution in [1.29, 1.82) is 0 Å². The van der Waals surface area contributed by atoms with Crippen LogP contribution in [0.2, 0.25) is 0 Å². The van der Waals surface area contributed by atoms with Gasteiger partial charge in [0.1, 0.15) is 5.75 Å². The molecule has 9 heteroatoms. The van der Waals surface area contributed by atoms with Crippen molar-refractivity contribution in [1.82, 2.24) is 20.0 Å². The second-order valence-corrected chi connectivity index (χ2v) is 7.88. The minimum Gasteiger partial charge on any atom is -0.497 e. The maximum atomic E-state index is 14.0. The van der Waals surface area contributed by atoms with Crippen LogP contribution in [0.4, 0.5) is 13.2 Å². The SMILES string of the molecule is CCN(CC)C(CNC(=O)c1cnn(-c2ccc(C)cc2)c1C(F)(F)F)c1cccc(OC)c1. The molecular formula is C25H29F3N4O2. The van der Waals surface area contributed by atoms with E-state index in [1.54, 1.807) is 31.4 Å². The number of aromatic nitrogens is 2. The first-order chi connectivity index (χ1) is 16.2. The van der Waals surface area contributed by atoms with E-state index in [0.29, 0.717) is 18.8 Å². The monoisotopic (exact) mass is 474 g/mol. The minimum atomic E-state index is -4.76. The topological polar surface area (TPSA) is 59.4 Å². The maximum Gasteiger partial charge on any atom is 0.434 e. The lowest BCUT2D eigenvalue weighted by molar-refractivity contribution is -0.143. The number of aryl methyl sites for hydroxylation is 1. The van der Waals surface area contributed by atoms with Crippen molar-refractivity contribution < 1.29 is 22.7 Å². The van der Waals surface area contributed by atoms with Crippen LogP contribution < -0.4 is 10.1 Å². The highest BCUT2D eigenvalue weighted by atomic mass is 19.4. The molecule has 1 heterocycles. The molecule has 3 aromatic rings. The molecule has 1 amide bonds. The molecule has 0 aliphatic carbocycles. The van der Waals surface area contributed by atoms with Gasteiger partial charge in [-0.2, -0.15) is 18.3 Å². The van der Waals surface area contributed by atoms with E-state index in [2.05, 4.69) is 15.3 Å². The number of halogens is 3. The van der Waals surface area contributed by atoms with Crippen molar-refractivity contribution in [3.8, 4) is 11.4 Å². The molecule has 0 bridgehead atoms. The van der Waals surface area contributed by atoms with Crippen LogP contribution in [0.25, 0.3) is 5.69 Å². The van der Waals surface area contributed by atoms with Crippen LogP contribution in [0.5, 0.6) is 5.75 Å². The van der Waals surface area contributed by atoms with Crippen LogP contribution in [0.3, 0.4) is 0 Å². The molecule has 6 nitrogen and oxygen atoms in total. The Morgan fingerprint density at radius 1 is 1.15 bits per heavy atom. The third kappa shape index (κ3) is 5.59. The van der Waals surface area contributed by atoms with E-state index in [-0.39, 0.29) is 18.3 Å². The van der Waals surface area contributed by atoms with Gasteiger partial charge in [-0.25, -0.2) is 4.68 Å². The number of hydrogen-bond donors (Lipinski definition) is 1. The largest absolute Gasteiger partial charge is 0.497 e. The standard InChI is InChI=1S/C25H29F3N4O2/c1-5-31(6-2)22(18-8-7-9-20(14-18)34-4)16-29-24(33)21-15-30-32(23(21)25(26,27)28)19-12-10-17(3)11-13-19/h7-15,22H,5-6,16H2,1-4H3,(H,29,33). The van der Waals surface area contributed by atoms with Crippen LogP contribution in [-0.4, -0.2) is 47.3 Å². The molecule has 0 fully saturated rings. The minimum absolute atomic E-state index is 0.126. The van der Waals surface area contributed by atoms with Crippen molar-refractivity contribution in [3.05, 3.63) is 77.1 Å². The number of benzene rings is 2. The molecule has 0 saturated carbocycles. The highest BCUT2D eigenvalue weighted by molar-refractivity contribution is 5.95. The number of alkyl halides is 3. The number of nitrogens with zero attached hydrogens (tertiary/aromatic N) is 3. The van der Waals surface area contributed by atoms with Gasteiger partial charge in [0.2, 0.25) is 0 Å². The molecule has 0 spiro atoms. The van der Waals surface area contributed by atoms with Crippen molar-refractivity contribution in [2.75, 3.05) is 26.7 Å². The number of carbonyl (C=O) groups is 1. The summed E-state index contributed by atoms with van der Waals surface area (Å²) in [4.78, 5) is 15.1. The van der Waals surface area contributed by atoms with E-state index >= 15 is 0 Å². The Bertz CT molecular complexity index is 1110. The van der Waals surface area contributed by atoms with E-state index in [1.165, 1.54) is 0 Å². The average molecular weight is 475 g/mol. The number of methoxy groups -OCH3 is 1. The van der Waals surface area contributed by atoms with Gasteiger partial charge in [0, 0.05) is 6.54 Å². The summed E-state index contributed by atoms with van der Waals surface area (Å²) in [7, 11) is 1.57. The summed E-state index contributed by atoms with van der Waals surface area (Å²) < 4.78 is 48.0. The van der Waals surface area contributed by atoms with E-state index in [4.69, 9.17) is 4.74 Å². The van der Waals surface area contributed by atoms with Crippen molar-refractivity contribution in [2.24, 2.45) is 0 Å². The molecule has 182 valence electrons. The predicted molar refractivity (Wildman–Crippen MR) is 124 cm³/mol. The Morgan fingerprint density at radius 2 is 1.82 bits per heavy atom. The van der Waals surface area contributed by atoms with E-state index in [9.17, 15) is 18.0 Å². The number of likely N-dealkylation sites (N-methyl/N-ethyl adjacent to an activating group) is 1. The fraction of sp³-hybridized carbons (Fsp3) is 0.360. The fourth-order valence-electron chi connectivity index (χ4n) is 3.92. The smallest absolute Gasteiger partial charge is 0.434 e. The number of nitrogens with one attached hydrogen (secondary N) is 1. The predicted octanol–water partition coefficient (Wildman–Crippen LogP) is 5.02. The van der Waals surface area contributed by atoms with Gasteiger partial charge in [0.25, 0.3) is 5.91 Å². The summed E-state index contributed by atoms with van der Waals surface area (Å²) in [6.45, 7) is 7.35. The van der Waals surface area contributed by atoms with Gasteiger partial charge in [0.15, 0.2) is 5.69 Å². The normalized spacial score (nSPS) is 12.6. The lowest BCUT2D eigenvalue weighted by Gasteiger charge is -2.30. The van der Waals surface area contributed by atoms with Crippen molar-refractivity contribution in [2.45, 2.75) is 33.0 Å². The number of amides is 1. The molecule has 1 N–H and O–H groups in total. The Hall–Kier alpha value is -3.33. The third-order valence-corrected chi connectivity index (χ3v) is 5.75. The summed E-state index contributed by atoms with van der Waals surface area (Å²) in [5, 5.41) is 6.58. The van der Waals surface area contributed by atoms with E-state index < -0.39 is 23.3 Å². The molecular weight excluding hydrogens is 445 g/mol. The first kappa shape index (κ1) is 25.3. The first-order valence-corrected chi connectivity index (χ1v) is 11.1.